The van der Waals surface area contributed by atoms with E-state index in [1.54, 1.807) is 47.8 Å². The van der Waals surface area contributed by atoms with E-state index < -0.39 is 12.1 Å². The molecule has 0 saturated heterocycles. The largest absolute Gasteiger partial charge is 0.490 e. The number of halogens is 3. The Morgan fingerprint density at radius 1 is 1.00 bits per heavy atom. The van der Waals surface area contributed by atoms with E-state index >= 15 is 0 Å². The monoisotopic (exact) mass is 487 g/mol. The number of nitrogens with zero attached hydrogens (tertiary/aromatic N) is 2. The number of carbonyl (C=O) groups excluding carboxylic acids is 3. The maximum atomic E-state index is 12.5. The van der Waals surface area contributed by atoms with E-state index in [9.17, 15) is 27.6 Å². The fraction of sp³-hybridized carbons (Fsp3) is 0.316. The fourth-order valence-electron chi connectivity index (χ4n) is 2.52. The highest BCUT2D eigenvalue weighted by molar-refractivity contribution is 6.05. The molecule has 2 aromatic heterocycles. The van der Waals surface area contributed by atoms with Crippen molar-refractivity contribution in [3.8, 4) is 0 Å². The Labute approximate surface area is 191 Å². The summed E-state index contributed by atoms with van der Waals surface area (Å²) in [6, 6.07) is 3.12. The maximum absolute atomic E-state index is 12.5. The van der Waals surface area contributed by atoms with Crippen molar-refractivity contribution in [2.24, 2.45) is 19.8 Å². The van der Waals surface area contributed by atoms with E-state index in [-0.39, 0.29) is 36.5 Å². The summed E-state index contributed by atoms with van der Waals surface area (Å²) in [6.07, 6.45) is -1.56. The van der Waals surface area contributed by atoms with Gasteiger partial charge in [-0.2, -0.15) is 13.2 Å². The fourth-order valence-corrected chi connectivity index (χ4v) is 2.52. The van der Waals surface area contributed by atoms with Crippen molar-refractivity contribution < 1.29 is 37.5 Å². The number of hydrogen-bond acceptors (Lipinski definition) is 5. The number of anilines is 2. The van der Waals surface area contributed by atoms with Gasteiger partial charge in [0.1, 0.15) is 11.4 Å². The Hall–Kier alpha value is -4.30. The standard InChI is InChI=1S/C17H23N7O3.C2HF3O2/c1-10(25)21-11-6-14(24(3)8-11)17(27)22-12-7-13(23(2)9-12)16(26)20-5-4-15(18)19;3-2(4,5)1(6)7/h6-9H,4-5H2,1-3H3,(H3,18,19)(H,20,26)(H,21,25)(H,22,27);(H,6,7). The lowest BCUT2D eigenvalue weighted by molar-refractivity contribution is -0.192. The minimum absolute atomic E-state index is 0.00340. The lowest BCUT2D eigenvalue weighted by Crippen LogP contribution is -2.28. The quantitative estimate of drug-likeness (QED) is 0.252. The Morgan fingerprint density at radius 3 is 1.85 bits per heavy atom. The van der Waals surface area contributed by atoms with Crippen molar-refractivity contribution in [3.63, 3.8) is 0 Å². The predicted molar refractivity (Wildman–Crippen MR) is 116 cm³/mol. The van der Waals surface area contributed by atoms with Gasteiger partial charge in [0.05, 0.1) is 17.2 Å². The molecule has 0 unspecified atom stereocenters. The molecule has 0 fully saturated rings. The number of amides is 3. The number of nitrogens with one attached hydrogen (secondary N) is 4. The van der Waals surface area contributed by atoms with Gasteiger partial charge in [-0.05, 0) is 12.1 Å². The normalized spacial score (nSPS) is 10.5. The third-order valence-corrected chi connectivity index (χ3v) is 3.98. The van der Waals surface area contributed by atoms with Crippen LogP contribution in [-0.4, -0.2) is 56.5 Å². The molecule has 186 valence electrons. The van der Waals surface area contributed by atoms with E-state index in [0.717, 1.165) is 0 Å². The molecule has 0 aliphatic heterocycles. The van der Waals surface area contributed by atoms with Crippen LogP contribution in [0.2, 0.25) is 0 Å². The van der Waals surface area contributed by atoms with Crippen LogP contribution in [0.5, 0.6) is 0 Å². The number of nitrogens with two attached hydrogens (primary N) is 1. The minimum Gasteiger partial charge on any atom is -0.475 e. The predicted octanol–water partition coefficient (Wildman–Crippen LogP) is 1.26. The zero-order valence-corrected chi connectivity index (χ0v) is 18.4. The molecule has 15 heteroatoms. The summed E-state index contributed by atoms with van der Waals surface area (Å²) in [5, 5.41) is 22.3. The van der Waals surface area contributed by atoms with Crippen molar-refractivity contribution >= 4 is 40.9 Å². The third kappa shape index (κ3) is 8.68. The molecule has 0 aromatic carbocycles. The van der Waals surface area contributed by atoms with Crippen LogP contribution < -0.4 is 21.7 Å². The van der Waals surface area contributed by atoms with Gasteiger partial charge >= 0.3 is 12.1 Å². The molecule has 0 aliphatic carbocycles. The molecule has 34 heavy (non-hydrogen) atoms. The number of alkyl halides is 3. The number of hydrogen-bond donors (Lipinski definition) is 6. The van der Waals surface area contributed by atoms with Gasteiger partial charge in [0.15, 0.2) is 0 Å². The van der Waals surface area contributed by atoms with Gasteiger partial charge in [0.25, 0.3) is 11.8 Å². The zero-order chi connectivity index (χ0) is 26.2. The topological polar surface area (TPSA) is 184 Å². The van der Waals surface area contributed by atoms with E-state index in [2.05, 4.69) is 16.0 Å². The summed E-state index contributed by atoms with van der Waals surface area (Å²) in [7, 11) is 3.38. The van der Waals surface area contributed by atoms with Crippen LogP contribution in [0, 0.1) is 5.41 Å². The third-order valence-electron chi connectivity index (χ3n) is 3.98. The summed E-state index contributed by atoms with van der Waals surface area (Å²) >= 11 is 0. The molecule has 2 aromatic rings. The lowest BCUT2D eigenvalue weighted by Gasteiger charge is -2.04. The van der Waals surface area contributed by atoms with Crippen molar-refractivity contribution in [2.45, 2.75) is 19.5 Å². The first-order valence-corrected chi connectivity index (χ1v) is 9.44. The highest BCUT2D eigenvalue weighted by Gasteiger charge is 2.38. The number of aryl methyl sites for hydroxylation is 2. The SMILES string of the molecule is CC(=O)Nc1cc(C(=O)Nc2cc(C(=O)NCCC(=N)N)n(C)c2)n(C)c1.O=C(O)C(F)(F)F. The van der Waals surface area contributed by atoms with Crippen LogP contribution in [-0.2, 0) is 23.7 Å². The van der Waals surface area contributed by atoms with Crippen LogP contribution >= 0.6 is 0 Å². The Morgan fingerprint density at radius 2 is 1.44 bits per heavy atom. The number of aliphatic carboxylic acids is 1. The molecule has 0 spiro atoms. The van der Waals surface area contributed by atoms with Gasteiger partial charge in [-0.3, -0.25) is 19.8 Å². The van der Waals surface area contributed by atoms with Crippen molar-refractivity contribution in [3.05, 3.63) is 35.9 Å². The number of carboxylic acids is 1. The molecule has 0 atom stereocenters. The number of carboxylic acid groups (broad SMARTS) is 1. The second kappa shape index (κ2) is 11.5. The first-order chi connectivity index (χ1) is 15.6. The molecule has 0 bridgehead atoms. The Bertz CT molecular complexity index is 1090. The smallest absolute Gasteiger partial charge is 0.475 e. The van der Waals surface area contributed by atoms with Gasteiger partial charge in [-0.25, -0.2) is 4.79 Å². The van der Waals surface area contributed by atoms with Crippen molar-refractivity contribution in [1.82, 2.24) is 14.5 Å². The van der Waals surface area contributed by atoms with E-state index in [0.29, 0.717) is 22.8 Å². The number of carbonyl (C=O) groups is 4. The minimum atomic E-state index is -5.08. The molecular formula is C19H24F3N7O5. The highest BCUT2D eigenvalue weighted by Crippen LogP contribution is 2.17. The van der Waals surface area contributed by atoms with Gasteiger partial charge in [-0.1, -0.05) is 0 Å². The number of amidine groups is 1. The molecule has 0 aliphatic rings. The second-order valence-electron chi connectivity index (χ2n) is 6.92. The van der Waals surface area contributed by atoms with E-state index in [1.165, 1.54) is 6.92 Å². The summed E-state index contributed by atoms with van der Waals surface area (Å²) in [4.78, 5) is 44.7. The van der Waals surface area contributed by atoms with Crippen LogP contribution in [0.1, 0.15) is 34.3 Å². The Balaban J connectivity index is 0.000000718. The lowest BCUT2D eigenvalue weighted by atomic mass is 10.3. The molecule has 0 saturated carbocycles. The van der Waals surface area contributed by atoms with Crippen LogP contribution in [0.4, 0.5) is 24.5 Å². The Kier molecular flexibility index (Phi) is 9.41. The zero-order valence-electron chi connectivity index (χ0n) is 18.4. The molecule has 7 N–H and O–H groups in total. The molecule has 3 amide bonds. The number of aromatic nitrogens is 2. The summed E-state index contributed by atoms with van der Waals surface area (Å²) in [5.41, 5.74) is 6.96. The summed E-state index contributed by atoms with van der Waals surface area (Å²) < 4.78 is 34.9. The molecule has 0 radical (unpaired) electrons. The van der Waals surface area contributed by atoms with E-state index in [1.807, 2.05) is 0 Å². The van der Waals surface area contributed by atoms with Gasteiger partial charge in [-0.15, -0.1) is 0 Å². The number of rotatable bonds is 7. The van der Waals surface area contributed by atoms with Crippen molar-refractivity contribution in [1.29, 1.82) is 5.41 Å². The average Bonchev–Trinajstić information content (AvgIpc) is 3.22. The van der Waals surface area contributed by atoms with Crippen molar-refractivity contribution in [2.75, 3.05) is 17.2 Å². The summed E-state index contributed by atoms with van der Waals surface area (Å²) in [5.74, 6) is -3.69. The average molecular weight is 487 g/mol. The van der Waals surface area contributed by atoms with Gasteiger partial charge in [0, 0.05) is 46.4 Å². The molecule has 2 rings (SSSR count). The molecular weight excluding hydrogens is 463 g/mol. The van der Waals surface area contributed by atoms with Crippen LogP contribution in [0.3, 0.4) is 0 Å². The summed E-state index contributed by atoms with van der Waals surface area (Å²) in [6.45, 7) is 1.65. The van der Waals surface area contributed by atoms with Crippen LogP contribution in [0.25, 0.3) is 0 Å². The van der Waals surface area contributed by atoms with E-state index in [4.69, 9.17) is 21.0 Å². The molecule has 2 heterocycles. The first-order valence-electron chi connectivity index (χ1n) is 9.44. The highest BCUT2D eigenvalue weighted by atomic mass is 19.4. The second-order valence-corrected chi connectivity index (χ2v) is 6.92. The first kappa shape index (κ1) is 27.7. The van der Waals surface area contributed by atoms with Gasteiger partial charge in [0.2, 0.25) is 5.91 Å². The maximum Gasteiger partial charge on any atom is 0.490 e. The van der Waals surface area contributed by atoms with Gasteiger partial charge < -0.3 is 35.9 Å². The molecule has 12 nitrogen and oxygen atoms in total. The van der Waals surface area contributed by atoms with Crippen LogP contribution in [0.15, 0.2) is 24.5 Å².